The van der Waals surface area contributed by atoms with Crippen molar-refractivity contribution in [1.29, 1.82) is 0 Å². The molecule has 1 aromatic carbocycles. The number of piperidine rings is 1. The number of hydrogen-bond acceptors (Lipinski definition) is 2. The Morgan fingerprint density at radius 2 is 2.07 bits per heavy atom. The van der Waals surface area contributed by atoms with Gasteiger partial charge in [-0.1, -0.05) is 9.39 Å². The Hall–Kier alpha value is 0.514. The minimum atomic E-state index is 0. The predicted octanol–water partition coefficient (Wildman–Crippen LogP) is 2.31. The van der Waals surface area contributed by atoms with Gasteiger partial charge in [0.05, 0.1) is 0 Å². The monoisotopic (exact) mass is 295 g/mol. The molecule has 1 aliphatic rings. The van der Waals surface area contributed by atoms with Gasteiger partial charge in [-0.3, -0.25) is 4.67 Å². The Morgan fingerprint density at radius 3 is 2.67 bits per heavy atom. The predicted molar refractivity (Wildman–Crippen MR) is 62.7 cm³/mol. The average Bonchev–Trinajstić information content (AvgIpc) is 2.23. The fraction of sp³-hybridized carbons (Fsp3) is 0.364. The van der Waals surface area contributed by atoms with Crippen LogP contribution in [0.5, 0.6) is 0 Å². The molecule has 4 heteroatoms. The number of nitrogens with zero attached hydrogens (tertiary/aromatic N) is 1. The molecule has 1 aliphatic heterocycles. The molecule has 0 bridgehead atoms. The molecular weight excluding hydrogens is 280 g/mol. The Balaban J connectivity index is 0.00000112. The third-order valence-electron chi connectivity index (χ3n) is 2.42. The summed E-state index contributed by atoms with van der Waals surface area (Å²) in [6.45, 7) is 2.25. The van der Waals surface area contributed by atoms with Crippen molar-refractivity contribution in [3.63, 3.8) is 0 Å². The number of hydrogen-bond donors (Lipinski definition) is 1. The third-order valence-corrected chi connectivity index (χ3v) is 2.94. The van der Waals surface area contributed by atoms with Crippen molar-refractivity contribution in [1.82, 2.24) is 4.67 Å². The van der Waals surface area contributed by atoms with E-state index in [2.05, 4.69) is 31.5 Å². The maximum Gasteiger partial charge on any atom is 0 e. The van der Waals surface area contributed by atoms with E-state index in [0.717, 1.165) is 31.6 Å². The normalized spacial score (nSPS) is 18.2. The molecule has 0 spiro atoms. The van der Waals surface area contributed by atoms with E-state index < -0.39 is 0 Å². The van der Waals surface area contributed by atoms with Gasteiger partial charge in [-0.15, -0.1) is 18.5 Å². The fourth-order valence-electron chi connectivity index (χ4n) is 1.58. The zero-order valence-corrected chi connectivity index (χ0v) is 12.7. The molecular formula is C11H15N2PY-2. The van der Waals surface area contributed by atoms with E-state index in [-0.39, 0.29) is 32.7 Å². The van der Waals surface area contributed by atoms with E-state index in [1.165, 1.54) is 6.04 Å². The van der Waals surface area contributed by atoms with Crippen LogP contribution in [0.25, 0.3) is 0 Å². The number of anilines is 1. The van der Waals surface area contributed by atoms with Gasteiger partial charge < -0.3 is 5.32 Å². The van der Waals surface area contributed by atoms with Crippen molar-refractivity contribution in [2.45, 2.75) is 12.8 Å². The molecule has 2 rings (SSSR count). The van der Waals surface area contributed by atoms with E-state index in [0.29, 0.717) is 0 Å². The first kappa shape index (κ1) is 13.6. The van der Waals surface area contributed by atoms with Crippen LogP contribution in [0.3, 0.4) is 0 Å². The van der Waals surface area contributed by atoms with Crippen LogP contribution in [0, 0.1) is 12.1 Å². The van der Waals surface area contributed by atoms with Crippen LogP contribution in [0.4, 0.5) is 5.69 Å². The molecule has 1 fully saturated rings. The summed E-state index contributed by atoms with van der Waals surface area (Å²) in [6.07, 6.45) is 2.26. The summed E-state index contributed by atoms with van der Waals surface area (Å²) in [5.74, 6) is 0. The molecule has 0 aromatic heterocycles. The largest absolute Gasteiger partial charge is 0.552 e. The van der Waals surface area contributed by atoms with Crippen molar-refractivity contribution in [3.8, 4) is 0 Å². The van der Waals surface area contributed by atoms with Gasteiger partial charge in [0, 0.05) is 32.7 Å². The molecule has 0 aliphatic carbocycles. The Bertz CT molecular complexity index is 273. The summed E-state index contributed by atoms with van der Waals surface area (Å²) in [4.78, 5) is 0. The summed E-state index contributed by atoms with van der Waals surface area (Å²) >= 11 is 0. The van der Waals surface area contributed by atoms with Crippen LogP contribution < -0.4 is 5.32 Å². The zero-order valence-electron chi connectivity index (χ0n) is 8.74. The number of nitrogens with one attached hydrogen (secondary N) is 1. The Kier molecular flexibility index (Phi) is 6.30. The standard InChI is InChI=1S/C11H15N2P.Y/c14-13-8-6-11(7-9-13)12-10-4-2-1-3-5-10;/h1-4,12H,6-9,14H2;/q-2;. The van der Waals surface area contributed by atoms with Crippen LogP contribution in [0.15, 0.2) is 24.3 Å². The second-order valence-electron chi connectivity index (χ2n) is 3.54. The molecule has 0 saturated carbocycles. The fourth-order valence-corrected chi connectivity index (χ4v) is 1.84. The molecule has 1 N–H and O–H groups in total. The summed E-state index contributed by atoms with van der Waals surface area (Å²) < 4.78 is 2.28. The summed E-state index contributed by atoms with van der Waals surface area (Å²) in [7, 11) is 2.76. The van der Waals surface area contributed by atoms with Crippen molar-refractivity contribution >= 4 is 15.1 Å². The molecule has 79 valence electrons. The SMILES string of the molecule is PN1CC[C-](Nc2[c-]cccc2)CC1.[Y]. The van der Waals surface area contributed by atoms with Crippen molar-refractivity contribution < 1.29 is 32.7 Å². The van der Waals surface area contributed by atoms with E-state index in [1.807, 2.05) is 18.2 Å². The first-order valence-corrected chi connectivity index (χ1v) is 5.44. The van der Waals surface area contributed by atoms with Crippen LogP contribution in [0.2, 0.25) is 0 Å². The maximum atomic E-state index is 3.43. The van der Waals surface area contributed by atoms with Gasteiger partial charge in [0.15, 0.2) is 0 Å². The summed E-state index contributed by atoms with van der Waals surface area (Å²) in [5, 5.41) is 3.43. The molecule has 1 aromatic rings. The quantitative estimate of drug-likeness (QED) is 0.665. The summed E-state index contributed by atoms with van der Waals surface area (Å²) in [5.41, 5.74) is 1.08. The number of rotatable bonds is 2. The minimum Gasteiger partial charge on any atom is -0.552 e. The van der Waals surface area contributed by atoms with Crippen LogP contribution in [0.1, 0.15) is 12.8 Å². The smallest absolute Gasteiger partial charge is 0 e. The van der Waals surface area contributed by atoms with E-state index in [4.69, 9.17) is 0 Å². The molecule has 1 atom stereocenters. The van der Waals surface area contributed by atoms with E-state index in [1.54, 1.807) is 0 Å². The molecule has 2 nitrogen and oxygen atoms in total. The van der Waals surface area contributed by atoms with E-state index >= 15 is 0 Å². The van der Waals surface area contributed by atoms with Crippen LogP contribution in [-0.4, -0.2) is 17.8 Å². The first-order chi connectivity index (χ1) is 6.84. The van der Waals surface area contributed by atoms with E-state index in [9.17, 15) is 0 Å². The molecule has 1 heterocycles. The van der Waals surface area contributed by atoms with Gasteiger partial charge in [0.1, 0.15) is 0 Å². The Morgan fingerprint density at radius 1 is 1.33 bits per heavy atom. The average molecular weight is 295 g/mol. The third kappa shape index (κ3) is 4.48. The molecule has 1 saturated heterocycles. The summed E-state index contributed by atoms with van der Waals surface area (Å²) in [6, 6.07) is 12.6. The molecule has 1 radical (unpaired) electrons. The number of benzene rings is 1. The van der Waals surface area contributed by atoms with Crippen LogP contribution >= 0.6 is 9.39 Å². The van der Waals surface area contributed by atoms with Gasteiger partial charge in [-0.2, -0.15) is 30.3 Å². The van der Waals surface area contributed by atoms with Gasteiger partial charge >= 0.3 is 0 Å². The number of para-hydroxylation sites is 1. The van der Waals surface area contributed by atoms with Crippen molar-refractivity contribution in [2.75, 3.05) is 18.4 Å². The maximum absolute atomic E-state index is 3.43. The topological polar surface area (TPSA) is 15.3 Å². The van der Waals surface area contributed by atoms with Crippen molar-refractivity contribution in [2.24, 2.45) is 0 Å². The zero-order chi connectivity index (χ0) is 9.80. The molecule has 0 amide bonds. The van der Waals surface area contributed by atoms with Gasteiger partial charge in [0.25, 0.3) is 0 Å². The minimum absolute atomic E-state index is 0. The molecule has 1 unspecified atom stereocenters. The van der Waals surface area contributed by atoms with Crippen LogP contribution in [-0.2, 0) is 32.7 Å². The second-order valence-corrected chi connectivity index (χ2v) is 4.27. The second kappa shape index (κ2) is 6.96. The van der Waals surface area contributed by atoms with Gasteiger partial charge in [-0.05, 0) is 13.1 Å². The van der Waals surface area contributed by atoms with Crippen molar-refractivity contribution in [3.05, 3.63) is 36.4 Å². The first-order valence-electron chi connectivity index (χ1n) is 4.93. The Labute approximate surface area is 119 Å². The van der Waals surface area contributed by atoms with Gasteiger partial charge in [-0.25, -0.2) is 6.04 Å². The van der Waals surface area contributed by atoms with Gasteiger partial charge in [0.2, 0.25) is 0 Å². The molecule has 15 heavy (non-hydrogen) atoms.